The first-order valence-electron chi connectivity index (χ1n) is 9.67. The van der Waals surface area contributed by atoms with Gasteiger partial charge < -0.3 is 16.0 Å². The third-order valence-corrected chi connectivity index (χ3v) is 5.33. The summed E-state index contributed by atoms with van der Waals surface area (Å²) in [4.78, 5) is 21.8. The van der Waals surface area contributed by atoms with Gasteiger partial charge in [0.05, 0.1) is 17.2 Å². The zero-order valence-corrected chi connectivity index (χ0v) is 17.8. The van der Waals surface area contributed by atoms with Crippen molar-refractivity contribution in [1.29, 1.82) is 0 Å². The van der Waals surface area contributed by atoms with Crippen molar-refractivity contribution in [3.8, 4) is 0 Å². The Bertz CT molecular complexity index is 1270. The normalized spacial score (nSPS) is 10.7. The molecule has 1 heterocycles. The third kappa shape index (κ3) is 5.30. The van der Waals surface area contributed by atoms with Crippen LogP contribution in [0.1, 0.15) is 5.56 Å². The lowest BCUT2D eigenvalue weighted by Crippen LogP contribution is -2.19. The Labute approximate surface area is 187 Å². The molecule has 0 aliphatic carbocycles. The number of halogens is 2. The van der Waals surface area contributed by atoms with E-state index in [-0.39, 0.29) is 17.1 Å². The summed E-state index contributed by atoms with van der Waals surface area (Å²) in [5.41, 5.74) is 2.75. The summed E-state index contributed by atoms with van der Waals surface area (Å²) in [5.74, 6) is -1.51. The van der Waals surface area contributed by atoms with E-state index in [9.17, 15) is 13.6 Å². The topological polar surface area (TPSA) is 78.9 Å². The average Bonchev–Trinajstić information content (AvgIpc) is 2.79. The first-order chi connectivity index (χ1) is 15.5. The molecular weight excluding hydrogens is 432 g/mol. The zero-order chi connectivity index (χ0) is 22.5. The number of nitrogens with zero attached hydrogens (tertiary/aromatic N) is 2. The lowest BCUT2D eigenvalue weighted by molar-refractivity contribution is 0.262. The van der Waals surface area contributed by atoms with Gasteiger partial charge in [0.1, 0.15) is 5.82 Å². The molecule has 0 radical (unpaired) electrons. The van der Waals surface area contributed by atoms with Crippen LogP contribution in [0.25, 0.3) is 11.0 Å². The minimum atomic E-state index is -0.971. The number of aromatic nitrogens is 2. The van der Waals surface area contributed by atoms with E-state index in [4.69, 9.17) is 0 Å². The fourth-order valence-electron chi connectivity index (χ4n) is 3.01. The number of benzene rings is 3. The summed E-state index contributed by atoms with van der Waals surface area (Å²) >= 11 is 1.63. The molecule has 9 heteroatoms. The Balaban J connectivity index is 1.37. The van der Waals surface area contributed by atoms with Crippen molar-refractivity contribution >= 4 is 46.0 Å². The molecule has 0 unspecified atom stereocenters. The van der Waals surface area contributed by atoms with Crippen molar-refractivity contribution in [2.24, 2.45) is 0 Å². The van der Waals surface area contributed by atoms with E-state index in [0.717, 1.165) is 22.6 Å². The number of amides is 2. The van der Waals surface area contributed by atoms with Crippen molar-refractivity contribution in [2.75, 3.05) is 22.2 Å². The highest BCUT2D eigenvalue weighted by molar-refractivity contribution is 7.98. The molecule has 32 heavy (non-hydrogen) atoms. The van der Waals surface area contributed by atoms with Crippen LogP contribution in [0, 0.1) is 11.6 Å². The van der Waals surface area contributed by atoms with Crippen molar-refractivity contribution in [3.63, 3.8) is 0 Å². The molecular formula is C23H19F2N5OS. The molecule has 162 valence electrons. The summed E-state index contributed by atoms with van der Waals surface area (Å²) in [5, 5.41) is 8.70. The van der Waals surface area contributed by atoms with Crippen LogP contribution in [-0.4, -0.2) is 22.3 Å². The molecule has 0 fully saturated rings. The van der Waals surface area contributed by atoms with Gasteiger partial charge in [-0.15, -0.1) is 11.8 Å². The molecule has 0 saturated heterocycles. The van der Waals surface area contributed by atoms with Gasteiger partial charge >= 0.3 is 6.03 Å². The Kier molecular flexibility index (Phi) is 6.46. The van der Waals surface area contributed by atoms with Crippen molar-refractivity contribution in [2.45, 2.75) is 11.4 Å². The molecule has 2 amide bonds. The van der Waals surface area contributed by atoms with Crippen LogP contribution in [0.5, 0.6) is 0 Å². The lowest BCUT2D eigenvalue weighted by Gasteiger charge is -2.10. The number of thioether (sulfide) groups is 1. The number of nitrogens with one attached hydrogen (secondary N) is 3. The summed E-state index contributed by atoms with van der Waals surface area (Å²) in [7, 11) is 0. The van der Waals surface area contributed by atoms with Crippen LogP contribution in [0.15, 0.2) is 71.8 Å². The smallest absolute Gasteiger partial charge is 0.323 e. The maximum absolute atomic E-state index is 13.4. The van der Waals surface area contributed by atoms with Crippen LogP contribution in [0.3, 0.4) is 0 Å². The van der Waals surface area contributed by atoms with E-state index in [2.05, 4.69) is 25.9 Å². The number of urea groups is 1. The van der Waals surface area contributed by atoms with Crippen LogP contribution < -0.4 is 16.0 Å². The van der Waals surface area contributed by atoms with Gasteiger partial charge in [0.2, 0.25) is 0 Å². The fraction of sp³-hybridized carbons (Fsp3) is 0.0870. The molecule has 6 nitrogen and oxygen atoms in total. The number of carbonyl (C=O) groups excluding carboxylic acids is 1. The van der Waals surface area contributed by atoms with E-state index in [1.807, 2.05) is 48.7 Å². The van der Waals surface area contributed by atoms with E-state index < -0.39 is 11.6 Å². The van der Waals surface area contributed by atoms with Crippen LogP contribution >= 0.6 is 11.8 Å². The lowest BCUT2D eigenvalue weighted by atomic mass is 10.2. The monoisotopic (exact) mass is 451 g/mol. The SMILES string of the molecule is CSc1ccc(NC(=O)Nc2cccc(CNc3cnc4cc(F)c(F)cc4n3)c2)cc1. The highest BCUT2D eigenvalue weighted by atomic mass is 32.2. The first-order valence-corrected chi connectivity index (χ1v) is 10.9. The van der Waals surface area contributed by atoms with Gasteiger partial charge in [0, 0.05) is 34.9 Å². The summed E-state index contributed by atoms with van der Waals surface area (Å²) in [6, 6.07) is 16.6. The molecule has 3 N–H and O–H groups in total. The van der Waals surface area contributed by atoms with Crippen LogP contribution in [0.2, 0.25) is 0 Å². The quantitative estimate of drug-likeness (QED) is 0.319. The minimum absolute atomic E-state index is 0.256. The van der Waals surface area contributed by atoms with E-state index in [1.165, 1.54) is 6.20 Å². The number of rotatable bonds is 6. The largest absolute Gasteiger partial charge is 0.365 e. The number of carbonyl (C=O) groups is 1. The number of fused-ring (bicyclic) bond motifs is 1. The van der Waals surface area contributed by atoms with E-state index in [0.29, 0.717) is 23.7 Å². The van der Waals surface area contributed by atoms with Gasteiger partial charge in [0.15, 0.2) is 11.6 Å². The van der Waals surface area contributed by atoms with Crippen LogP contribution in [-0.2, 0) is 6.54 Å². The van der Waals surface area contributed by atoms with E-state index >= 15 is 0 Å². The Morgan fingerprint density at radius 1 is 0.938 bits per heavy atom. The maximum atomic E-state index is 13.4. The zero-order valence-electron chi connectivity index (χ0n) is 17.0. The number of hydrogen-bond acceptors (Lipinski definition) is 5. The molecule has 1 aromatic heterocycles. The van der Waals surface area contributed by atoms with Crippen molar-refractivity contribution in [3.05, 3.63) is 84.1 Å². The Morgan fingerprint density at radius 2 is 1.66 bits per heavy atom. The number of anilines is 3. The molecule has 0 atom stereocenters. The molecule has 4 aromatic rings. The molecule has 0 bridgehead atoms. The molecule has 0 spiro atoms. The molecule has 0 saturated carbocycles. The van der Waals surface area contributed by atoms with Crippen LogP contribution in [0.4, 0.5) is 30.8 Å². The van der Waals surface area contributed by atoms with E-state index in [1.54, 1.807) is 17.8 Å². The predicted molar refractivity (Wildman–Crippen MR) is 124 cm³/mol. The fourth-order valence-corrected chi connectivity index (χ4v) is 3.42. The van der Waals surface area contributed by atoms with Gasteiger partial charge in [-0.25, -0.2) is 18.6 Å². The average molecular weight is 452 g/mol. The first kappa shape index (κ1) is 21.5. The molecule has 4 rings (SSSR count). The summed E-state index contributed by atoms with van der Waals surface area (Å²) in [6.07, 6.45) is 3.45. The minimum Gasteiger partial charge on any atom is -0.365 e. The Hall–Kier alpha value is -3.72. The molecule has 0 aliphatic rings. The van der Waals surface area contributed by atoms with Gasteiger partial charge in [0.25, 0.3) is 0 Å². The highest BCUT2D eigenvalue weighted by Gasteiger charge is 2.08. The Morgan fingerprint density at radius 3 is 2.41 bits per heavy atom. The van der Waals surface area contributed by atoms with Gasteiger partial charge in [-0.1, -0.05) is 12.1 Å². The standard InChI is InChI=1S/C23H19F2N5OS/c1-32-17-7-5-15(6-8-17)28-23(31)29-16-4-2-3-14(9-16)12-27-22-13-26-20-10-18(24)19(25)11-21(20)30-22/h2-11,13H,12H2,1H3,(H,27,30)(H2,28,29,31). The van der Waals surface area contributed by atoms with Gasteiger partial charge in [-0.3, -0.25) is 4.98 Å². The second kappa shape index (κ2) is 9.61. The molecule has 3 aromatic carbocycles. The molecule has 0 aliphatic heterocycles. The second-order valence-corrected chi connectivity index (χ2v) is 7.75. The number of hydrogen-bond donors (Lipinski definition) is 3. The highest BCUT2D eigenvalue weighted by Crippen LogP contribution is 2.19. The van der Waals surface area contributed by atoms with Crippen molar-refractivity contribution in [1.82, 2.24) is 9.97 Å². The second-order valence-electron chi connectivity index (χ2n) is 6.87. The predicted octanol–water partition coefficient (Wildman–Crippen LogP) is 5.89. The summed E-state index contributed by atoms with van der Waals surface area (Å²) in [6.45, 7) is 0.400. The third-order valence-electron chi connectivity index (χ3n) is 4.59. The summed E-state index contributed by atoms with van der Waals surface area (Å²) < 4.78 is 26.8. The van der Waals surface area contributed by atoms with Gasteiger partial charge in [-0.05, 0) is 48.2 Å². The maximum Gasteiger partial charge on any atom is 0.323 e. The van der Waals surface area contributed by atoms with Crippen molar-refractivity contribution < 1.29 is 13.6 Å². The van der Waals surface area contributed by atoms with Gasteiger partial charge in [-0.2, -0.15) is 0 Å².